The highest BCUT2D eigenvalue weighted by molar-refractivity contribution is 6.05. The van der Waals surface area contributed by atoms with Gasteiger partial charge in [-0.05, 0) is 32.4 Å². The van der Waals surface area contributed by atoms with Gasteiger partial charge in [-0.15, -0.1) is 0 Å². The summed E-state index contributed by atoms with van der Waals surface area (Å²) in [7, 11) is 0. The van der Waals surface area contributed by atoms with Crippen LogP contribution in [0.5, 0.6) is 11.6 Å². The van der Waals surface area contributed by atoms with Crippen LogP contribution in [0, 0.1) is 11.3 Å². The van der Waals surface area contributed by atoms with Crippen LogP contribution in [0.2, 0.25) is 0 Å². The summed E-state index contributed by atoms with van der Waals surface area (Å²) in [6.07, 6.45) is 2.17. The Balaban J connectivity index is 2.04. The Bertz CT molecular complexity index is 948. The number of rotatable bonds is 6. The molecule has 1 aliphatic heterocycles. The highest BCUT2D eigenvalue weighted by atomic mass is 16.5. The normalized spacial score (nSPS) is 16.2. The number of aromatic carboxylic acids is 1. The Hall–Kier alpha value is -3.34. The molecule has 1 saturated heterocycles. The largest absolute Gasteiger partial charge is 0.490 e. The number of hydrogen-bond acceptors (Lipinski definition) is 6. The third kappa shape index (κ3) is 3.92. The van der Waals surface area contributed by atoms with Gasteiger partial charge in [-0.2, -0.15) is 5.26 Å². The molecule has 0 spiro atoms. The van der Waals surface area contributed by atoms with E-state index in [1.54, 1.807) is 6.07 Å². The molecule has 1 atom stereocenters. The highest BCUT2D eigenvalue weighted by Crippen LogP contribution is 2.33. The van der Waals surface area contributed by atoms with Crippen LogP contribution in [-0.2, 0) is 4.79 Å². The van der Waals surface area contributed by atoms with Crippen molar-refractivity contribution in [1.82, 2.24) is 10.3 Å². The average molecular weight is 369 g/mol. The minimum atomic E-state index is -1.15. The van der Waals surface area contributed by atoms with Gasteiger partial charge < -0.3 is 19.9 Å². The fourth-order valence-electron chi connectivity index (χ4n) is 2.95. The third-order valence-electron chi connectivity index (χ3n) is 4.17. The summed E-state index contributed by atoms with van der Waals surface area (Å²) in [5.41, 5.74) is 0.207. The molecule has 140 valence electrons. The maximum absolute atomic E-state index is 11.5. The summed E-state index contributed by atoms with van der Waals surface area (Å²) in [5.74, 6) is -0.602. The van der Waals surface area contributed by atoms with Gasteiger partial charge in [0.25, 0.3) is 0 Å². The number of benzene rings is 1. The molecule has 0 saturated carbocycles. The van der Waals surface area contributed by atoms with Crippen molar-refractivity contribution in [1.29, 1.82) is 5.26 Å². The molecule has 2 heterocycles. The summed E-state index contributed by atoms with van der Waals surface area (Å²) in [5, 5.41) is 22.4. The van der Waals surface area contributed by atoms with Crippen molar-refractivity contribution in [2.24, 2.45) is 0 Å². The number of carbonyl (C=O) groups is 2. The molecule has 3 rings (SSSR count). The molecule has 1 aromatic carbocycles. The lowest BCUT2D eigenvalue weighted by molar-refractivity contribution is -0.119. The number of pyridine rings is 1. The van der Waals surface area contributed by atoms with Crippen LogP contribution in [0.4, 0.5) is 0 Å². The Morgan fingerprint density at radius 1 is 1.44 bits per heavy atom. The van der Waals surface area contributed by atoms with Crippen molar-refractivity contribution in [3.8, 4) is 17.7 Å². The number of carboxylic acids is 1. The van der Waals surface area contributed by atoms with Crippen LogP contribution in [0.15, 0.2) is 18.3 Å². The van der Waals surface area contributed by atoms with Crippen molar-refractivity contribution in [2.45, 2.75) is 38.8 Å². The molecule has 27 heavy (non-hydrogen) atoms. The molecule has 1 amide bonds. The number of nitriles is 1. The van der Waals surface area contributed by atoms with Gasteiger partial charge in [0.2, 0.25) is 11.8 Å². The van der Waals surface area contributed by atoms with Crippen molar-refractivity contribution in [2.75, 3.05) is 6.61 Å². The van der Waals surface area contributed by atoms with Crippen LogP contribution in [0.25, 0.3) is 10.8 Å². The van der Waals surface area contributed by atoms with Gasteiger partial charge in [-0.1, -0.05) is 0 Å². The molecule has 8 nitrogen and oxygen atoms in total. The number of carbonyl (C=O) groups excluding carboxylic acids is 1. The fourth-order valence-corrected chi connectivity index (χ4v) is 2.95. The number of nitrogens with zero attached hydrogens (tertiary/aromatic N) is 2. The van der Waals surface area contributed by atoms with Crippen LogP contribution in [0.1, 0.15) is 42.6 Å². The van der Waals surface area contributed by atoms with Crippen LogP contribution in [0.3, 0.4) is 0 Å². The Kier molecular flexibility index (Phi) is 5.12. The number of fused-ring (bicyclic) bond motifs is 1. The van der Waals surface area contributed by atoms with Gasteiger partial charge in [0.05, 0.1) is 23.3 Å². The van der Waals surface area contributed by atoms with Gasteiger partial charge in [-0.25, -0.2) is 9.78 Å². The third-order valence-corrected chi connectivity index (χ3v) is 4.17. The lowest BCUT2D eigenvalue weighted by atomic mass is 10.0. The minimum absolute atomic E-state index is 0.0195. The number of carboxylic acid groups (broad SMARTS) is 1. The van der Waals surface area contributed by atoms with E-state index < -0.39 is 5.97 Å². The van der Waals surface area contributed by atoms with E-state index in [-0.39, 0.29) is 41.7 Å². The molecular weight excluding hydrogens is 350 g/mol. The summed E-state index contributed by atoms with van der Waals surface area (Å²) in [4.78, 5) is 27.0. The standard InChI is InChI=1S/C19H19N3O5/c1-10(2)27-16-6-14-13(5-11(16)7-20)15(19(24)25)8-21-18(14)26-9-12-3-4-17(23)22-12/h5-6,8,10,12H,3-4,9H2,1-2H3,(H,22,23)(H,24,25). The fraction of sp³-hybridized carbons (Fsp3) is 0.368. The van der Waals surface area contributed by atoms with E-state index in [1.807, 2.05) is 19.9 Å². The van der Waals surface area contributed by atoms with Crippen molar-refractivity contribution >= 4 is 22.6 Å². The zero-order valence-corrected chi connectivity index (χ0v) is 15.0. The number of hydrogen-bond donors (Lipinski definition) is 2. The van der Waals surface area contributed by atoms with E-state index in [0.29, 0.717) is 29.4 Å². The first kappa shape index (κ1) is 18.5. The first-order chi connectivity index (χ1) is 12.9. The SMILES string of the molecule is CC(C)Oc1cc2c(OCC3CCC(=O)N3)ncc(C(=O)O)c2cc1C#N. The van der Waals surface area contributed by atoms with Crippen LogP contribution < -0.4 is 14.8 Å². The predicted molar refractivity (Wildman–Crippen MR) is 95.8 cm³/mol. The van der Waals surface area contributed by atoms with Crippen molar-refractivity contribution in [3.63, 3.8) is 0 Å². The second kappa shape index (κ2) is 7.50. The Morgan fingerprint density at radius 3 is 2.81 bits per heavy atom. The van der Waals surface area contributed by atoms with E-state index in [0.717, 1.165) is 0 Å². The van der Waals surface area contributed by atoms with Crippen molar-refractivity contribution < 1.29 is 24.2 Å². The molecular formula is C19H19N3O5. The van der Waals surface area contributed by atoms with Gasteiger partial charge in [-0.3, -0.25) is 4.79 Å². The molecule has 1 fully saturated rings. The zero-order chi connectivity index (χ0) is 19.6. The quantitative estimate of drug-likeness (QED) is 0.801. The minimum Gasteiger partial charge on any atom is -0.490 e. The molecule has 0 bridgehead atoms. The monoisotopic (exact) mass is 369 g/mol. The summed E-state index contributed by atoms with van der Waals surface area (Å²) in [6, 6.07) is 4.97. The van der Waals surface area contributed by atoms with E-state index in [2.05, 4.69) is 10.3 Å². The molecule has 2 aromatic rings. The Morgan fingerprint density at radius 2 is 2.22 bits per heavy atom. The first-order valence-electron chi connectivity index (χ1n) is 8.58. The van der Waals surface area contributed by atoms with Crippen molar-refractivity contribution in [3.05, 3.63) is 29.5 Å². The van der Waals surface area contributed by atoms with E-state index >= 15 is 0 Å². The maximum atomic E-state index is 11.5. The second-order valence-corrected chi connectivity index (χ2v) is 6.57. The highest BCUT2D eigenvalue weighted by Gasteiger charge is 2.23. The number of amides is 1. The molecule has 2 N–H and O–H groups in total. The van der Waals surface area contributed by atoms with E-state index in [1.165, 1.54) is 12.3 Å². The lowest BCUT2D eigenvalue weighted by Crippen LogP contribution is -2.31. The zero-order valence-electron chi connectivity index (χ0n) is 15.0. The van der Waals surface area contributed by atoms with E-state index in [9.17, 15) is 20.0 Å². The molecule has 0 radical (unpaired) electrons. The van der Waals surface area contributed by atoms with Crippen LogP contribution in [-0.4, -0.2) is 40.7 Å². The van der Waals surface area contributed by atoms with Crippen LogP contribution >= 0.6 is 0 Å². The lowest BCUT2D eigenvalue weighted by Gasteiger charge is -2.16. The molecule has 1 unspecified atom stereocenters. The summed E-state index contributed by atoms with van der Waals surface area (Å²) in [6.45, 7) is 3.88. The summed E-state index contributed by atoms with van der Waals surface area (Å²) < 4.78 is 11.4. The smallest absolute Gasteiger partial charge is 0.337 e. The van der Waals surface area contributed by atoms with Gasteiger partial charge >= 0.3 is 5.97 Å². The Labute approximate surface area is 155 Å². The topological polar surface area (TPSA) is 122 Å². The first-order valence-corrected chi connectivity index (χ1v) is 8.58. The van der Waals surface area contributed by atoms with Gasteiger partial charge in [0.1, 0.15) is 18.4 Å². The van der Waals surface area contributed by atoms with Gasteiger partial charge in [0, 0.05) is 23.4 Å². The predicted octanol–water partition coefficient (Wildman–Crippen LogP) is 2.25. The second-order valence-electron chi connectivity index (χ2n) is 6.57. The average Bonchev–Trinajstić information content (AvgIpc) is 3.03. The maximum Gasteiger partial charge on any atom is 0.337 e. The molecule has 8 heteroatoms. The summed E-state index contributed by atoms with van der Waals surface area (Å²) >= 11 is 0. The van der Waals surface area contributed by atoms with E-state index in [4.69, 9.17) is 9.47 Å². The molecule has 1 aliphatic rings. The number of nitrogens with one attached hydrogen (secondary N) is 1. The molecule has 1 aromatic heterocycles. The number of ether oxygens (including phenoxy) is 2. The number of aromatic nitrogens is 1. The molecule has 0 aliphatic carbocycles. The van der Waals surface area contributed by atoms with Gasteiger partial charge in [0.15, 0.2) is 0 Å².